The van der Waals surface area contributed by atoms with Crippen LogP contribution in [0, 0.1) is 0 Å². The van der Waals surface area contributed by atoms with Gasteiger partial charge in [0.15, 0.2) is 0 Å². The van der Waals surface area contributed by atoms with Crippen LogP contribution in [0.3, 0.4) is 0 Å². The van der Waals surface area contributed by atoms with Crippen molar-refractivity contribution in [3.63, 3.8) is 0 Å². The van der Waals surface area contributed by atoms with Crippen LogP contribution in [0.2, 0.25) is 0 Å². The lowest BCUT2D eigenvalue weighted by Gasteiger charge is -2.11. The Bertz CT molecular complexity index is 455. The Morgan fingerprint density at radius 3 is 2.94 bits per heavy atom. The summed E-state index contributed by atoms with van der Waals surface area (Å²) in [7, 11) is 3.85. The van der Waals surface area contributed by atoms with Crippen molar-refractivity contribution in [2.75, 3.05) is 30.9 Å². The second-order valence-corrected chi connectivity index (χ2v) is 4.51. The fourth-order valence-electron chi connectivity index (χ4n) is 1.34. The Balaban J connectivity index is 1.88. The number of nitrogens with zero attached hydrogens (tertiary/aromatic N) is 4. The summed E-state index contributed by atoms with van der Waals surface area (Å²) in [5, 5.41) is 5.33. The molecule has 0 radical (unpaired) electrons. The van der Waals surface area contributed by atoms with Gasteiger partial charge in [0, 0.05) is 38.6 Å². The molecule has 5 nitrogen and oxygen atoms in total. The van der Waals surface area contributed by atoms with E-state index in [0.29, 0.717) is 5.95 Å². The molecule has 2 aromatic heterocycles. The van der Waals surface area contributed by atoms with Crippen LogP contribution in [0.4, 0.5) is 11.8 Å². The SMILES string of the molecule is CN(C)c1nccc(NCCc2cscn2)n1. The normalized spacial score (nSPS) is 10.2. The molecular weight excluding hydrogens is 234 g/mol. The summed E-state index contributed by atoms with van der Waals surface area (Å²) in [6, 6.07) is 1.87. The number of nitrogens with one attached hydrogen (secondary N) is 1. The standard InChI is InChI=1S/C11H15N5S/c1-16(2)11-13-6-4-10(15-11)12-5-3-9-7-17-8-14-9/h4,6-8H,3,5H2,1-2H3,(H,12,13,15). The van der Waals surface area contributed by atoms with Crippen molar-refractivity contribution in [1.29, 1.82) is 0 Å². The third-order valence-corrected chi connectivity index (χ3v) is 2.85. The summed E-state index contributed by atoms with van der Waals surface area (Å²) < 4.78 is 0. The first-order chi connectivity index (χ1) is 8.25. The monoisotopic (exact) mass is 249 g/mol. The van der Waals surface area contributed by atoms with Gasteiger partial charge in [-0.2, -0.15) is 4.98 Å². The highest BCUT2D eigenvalue weighted by Crippen LogP contribution is 2.08. The van der Waals surface area contributed by atoms with E-state index < -0.39 is 0 Å². The molecular formula is C11H15N5S. The summed E-state index contributed by atoms with van der Waals surface area (Å²) in [5.74, 6) is 1.56. The van der Waals surface area contributed by atoms with Crippen LogP contribution >= 0.6 is 11.3 Å². The van der Waals surface area contributed by atoms with Crippen LogP contribution in [0.25, 0.3) is 0 Å². The number of rotatable bonds is 5. The maximum absolute atomic E-state index is 4.38. The summed E-state index contributed by atoms with van der Waals surface area (Å²) >= 11 is 1.62. The van der Waals surface area contributed by atoms with Crippen LogP contribution in [-0.2, 0) is 6.42 Å². The third kappa shape index (κ3) is 3.39. The molecule has 0 aliphatic rings. The molecule has 0 amide bonds. The molecule has 0 spiro atoms. The fourth-order valence-corrected chi connectivity index (χ4v) is 1.93. The lowest BCUT2D eigenvalue weighted by Crippen LogP contribution is -2.14. The molecule has 0 aliphatic heterocycles. The molecule has 0 aliphatic carbocycles. The average molecular weight is 249 g/mol. The smallest absolute Gasteiger partial charge is 0.226 e. The Hall–Kier alpha value is -1.69. The van der Waals surface area contributed by atoms with E-state index in [1.165, 1.54) is 0 Å². The Labute approximate surface area is 105 Å². The molecule has 1 N–H and O–H groups in total. The number of hydrogen-bond acceptors (Lipinski definition) is 6. The first-order valence-corrected chi connectivity index (χ1v) is 6.31. The second kappa shape index (κ2) is 5.58. The summed E-state index contributed by atoms with van der Waals surface area (Å²) in [6.45, 7) is 0.827. The highest BCUT2D eigenvalue weighted by atomic mass is 32.1. The van der Waals surface area contributed by atoms with Crippen molar-refractivity contribution < 1.29 is 0 Å². The van der Waals surface area contributed by atoms with E-state index in [2.05, 4.69) is 25.6 Å². The summed E-state index contributed by atoms with van der Waals surface area (Å²) in [4.78, 5) is 14.6. The van der Waals surface area contributed by atoms with Gasteiger partial charge in [-0.3, -0.25) is 0 Å². The first kappa shape index (κ1) is 11.8. The molecule has 2 heterocycles. The van der Waals surface area contributed by atoms with Gasteiger partial charge in [-0.1, -0.05) is 0 Å². The Morgan fingerprint density at radius 1 is 1.35 bits per heavy atom. The van der Waals surface area contributed by atoms with E-state index >= 15 is 0 Å². The van der Waals surface area contributed by atoms with Crippen LogP contribution < -0.4 is 10.2 Å². The van der Waals surface area contributed by atoms with Gasteiger partial charge < -0.3 is 10.2 Å². The highest BCUT2D eigenvalue weighted by molar-refractivity contribution is 7.07. The lowest BCUT2D eigenvalue weighted by molar-refractivity contribution is 0.950. The van der Waals surface area contributed by atoms with E-state index in [-0.39, 0.29) is 0 Å². The van der Waals surface area contributed by atoms with Crippen molar-refractivity contribution in [3.8, 4) is 0 Å². The number of thiazole rings is 1. The Kier molecular flexibility index (Phi) is 3.87. The quantitative estimate of drug-likeness (QED) is 0.873. The summed E-state index contributed by atoms with van der Waals surface area (Å²) in [6.07, 6.45) is 2.66. The molecule has 0 saturated carbocycles. The topological polar surface area (TPSA) is 53.9 Å². The average Bonchev–Trinajstić information content (AvgIpc) is 2.82. The molecule has 2 rings (SSSR count). The summed E-state index contributed by atoms with van der Waals surface area (Å²) in [5.41, 5.74) is 2.97. The molecule has 0 saturated heterocycles. The lowest BCUT2D eigenvalue weighted by atomic mass is 10.3. The number of aromatic nitrogens is 3. The second-order valence-electron chi connectivity index (χ2n) is 3.79. The number of hydrogen-bond donors (Lipinski definition) is 1. The Morgan fingerprint density at radius 2 is 2.24 bits per heavy atom. The van der Waals surface area contributed by atoms with Gasteiger partial charge in [-0.15, -0.1) is 11.3 Å². The van der Waals surface area contributed by atoms with Crippen LogP contribution in [0.1, 0.15) is 5.69 Å². The fraction of sp³-hybridized carbons (Fsp3) is 0.364. The van der Waals surface area contributed by atoms with Crippen molar-refractivity contribution in [1.82, 2.24) is 15.0 Å². The van der Waals surface area contributed by atoms with Crippen LogP contribution in [0.15, 0.2) is 23.2 Å². The molecule has 6 heteroatoms. The zero-order valence-corrected chi connectivity index (χ0v) is 10.7. The maximum Gasteiger partial charge on any atom is 0.226 e. The van der Waals surface area contributed by atoms with Gasteiger partial charge >= 0.3 is 0 Å². The minimum absolute atomic E-state index is 0.712. The first-order valence-electron chi connectivity index (χ1n) is 5.37. The molecule has 0 unspecified atom stereocenters. The van der Waals surface area contributed by atoms with E-state index in [1.54, 1.807) is 17.5 Å². The largest absolute Gasteiger partial charge is 0.370 e. The van der Waals surface area contributed by atoms with E-state index in [1.807, 2.05) is 30.6 Å². The van der Waals surface area contributed by atoms with Gasteiger partial charge in [0.2, 0.25) is 5.95 Å². The van der Waals surface area contributed by atoms with Gasteiger partial charge in [-0.25, -0.2) is 9.97 Å². The van der Waals surface area contributed by atoms with E-state index in [0.717, 1.165) is 24.5 Å². The van der Waals surface area contributed by atoms with E-state index in [9.17, 15) is 0 Å². The van der Waals surface area contributed by atoms with Gasteiger partial charge in [-0.05, 0) is 6.07 Å². The molecule has 90 valence electrons. The zero-order chi connectivity index (χ0) is 12.1. The van der Waals surface area contributed by atoms with Crippen molar-refractivity contribution in [2.45, 2.75) is 6.42 Å². The zero-order valence-electron chi connectivity index (χ0n) is 9.92. The molecule has 0 bridgehead atoms. The minimum Gasteiger partial charge on any atom is -0.370 e. The van der Waals surface area contributed by atoms with Crippen LogP contribution in [0.5, 0.6) is 0 Å². The molecule has 17 heavy (non-hydrogen) atoms. The van der Waals surface area contributed by atoms with Crippen LogP contribution in [-0.4, -0.2) is 35.6 Å². The van der Waals surface area contributed by atoms with Gasteiger partial charge in [0.05, 0.1) is 11.2 Å². The van der Waals surface area contributed by atoms with Crippen molar-refractivity contribution in [2.24, 2.45) is 0 Å². The van der Waals surface area contributed by atoms with Gasteiger partial charge in [0.25, 0.3) is 0 Å². The molecule has 2 aromatic rings. The van der Waals surface area contributed by atoms with Crippen molar-refractivity contribution in [3.05, 3.63) is 28.8 Å². The molecule has 0 fully saturated rings. The predicted molar refractivity (Wildman–Crippen MR) is 70.7 cm³/mol. The van der Waals surface area contributed by atoms with Crippen molar-refractivity contribution >= 4 is 23.1 Å². The highest BCUT2D eigenvalue weighted by Gasteiger charge is 2.01. The van der Waals surface area contributed by atoms with Gasteiger partial charge in [0.1, 0.15) is 5.82 Å². The third-order valence-electron chi connectivity index (χ3n) is 2.21. The van der Waals surface area contributed by atoms with E-state index in [4.69, 9.17) is 0 Å². The maximum atomic E-state index is 4.38. The number of anilines is 2. The minimum atomic E-state index is 0.712. The molecule has 0 atom stereocenters. The molecule has 0 aromatic carbocycles. The predicted octanol–water partition coefficient (Wildman–Crippen LogP) is 1.65.